The molecule has 0 bridgehead atoms. The van der Waals surface area contributed by atoms with Crippen LogP contribution in [0.15, 0.2) is 48.5 Å². The Hall–Kier alpha value is -3.12. The maximum atomic E-state index is 13.2. The lowest BCUT2D eigenvalue weighted by atomic mass is 9.80. The van der Waals surface area contributed by atoms with Crippen LogP contribution in [0.3, 0.4) is 0 Å². The number of halogens is 1. The fourth-order valence-electron chi connectivity index (χ4n) is 5.16. The molecule has 1 fully saturated rings. The molecule has 2 aromatic carbocycles. The number of anilines is 1. The number of nitrogens with zero attached hydrogens (tertiary/aromatic N) is 3. The average Bonchev–Trinajstić information content (AvgIpc) is 3.29. The summed E-state index contributed by atoms with van der Waals surface area (Å²) in [6, 6.07) is 15.5. The van der Waals surface area contributed by atoms with Crippen molar-refractivity contribution in [3.05, 3.63) is 81.6 Å². The highest BCUT2D eigenvalue weighted by Crippen LogP contribution is 2.42. The predicted octanol–water partition coefficient (Wildman–Crippen LogP) is 4.79. The summed E-state index contributed by atoms with van der Waals surface area (Å²) >= 11 is 6.08. The molecule has 3 heterocycles. The van der Waals surface area contributed by atoms with E-state index >= 15 is 0 Å². The number of aryl methyl sites for hydroxylation is 2. The minimum atomic E-state index is -0.168. The Kier molecular flexibility index (Phi) is 5.71. The Morgan fingerprint density at radius 2 is 1.91 bits per heavy atom. The molecule has 0 radical (unpaired) electrons. The van der Waals surface area contributed by atoms with E-state index in [2.05, 4.69) is 16.5 Å². The van der Waals surface area contributed by atoms with Crippen molar-refractivity contribution in [2.45, 2.75) is 39.2 Å². The van der Waals surface area contributed by atoms with E-state index in [0.29, 0.717) is 30.2 Å². The second-order valence-electron chi connectivity index (χ2n) is 9.11. The highest BCUT2D eigenvalue weighted by atomic mass is 35.5. The number of benzene rings is 2. The number of aromatic nitrogens is 2. The quantitative estimate of drug-likeness (QED) is 0.606. The predicted molar refractivity (Wildman–Crippen MR) is 129 cm³/mol. The zero-order valence-corrected chi connectivity index (χ0v) is 19.6. The second-order valence-corrected chi connectivity index (χ2v) is 9.55. The summed E-state index contributed by atoms with van der Waals surface area (Å²) in [6.45, 7) is 5.96. The van der Waals surface area contributed by atoms with Gasteiger partial charge in [-0.2, -0.15) is 5.10 Å². The van der Waals surface area contributed by atoms with E-state index < -0.39 is 0 Å². The van der Waals surface area contributed by atoms with Gasteiger partial charge < -0.3 is 10.2 Å². The highest BCUT2D eigenvalue weighted by Gasteiger charge is 2.39. The van der Waals surface area contributed by atoms with E-state index in [4.69, 9.17) is 11.6 Å². The molecule has 1 N–H and O–H groups in total. The van der Waals surface area contributed by atoms with E-state index in [9.17, 15) is 9.59 Å². The van der Waals surface area contributed by atoms with Crippen molar-refractivity contribution >= 4 is 29.1 Å². The normalized spacial score (nSPS) is 18.3. The van der Waals surface area contributed by atoms with E-state index in [1.54, 1.807) is 0 Å². The van der Waals surface area contributed by atoms with E-state index in [0.717, 1.165) is 41.0 Å². The van der Waals surface area contributed by atoms with Crippen LogP contribution in [0, 0.1) is 19.8 Å². The molecule has 5 rings (SSSR count). The number of carbonyl (C=O) groups is 2. The molecular weight excluding hydrogens is 436 g/mol. The number of amides is 2. The minimum absolute atomic E-state index is 0.0360. The molecular formula is C26H27ClN4O2. The van der Waals surface area contributed by atoms with Crippen LogP contribution in [-0.4, -0.2) is 39.6 Å². The third-order valence-corrected chi connectivity index (χ3v) is 7.03. The molecule has 1 saturated heterocycles. The first-order chi connectivity index (χ1) is 15.9. The monoisotopic (exact) mass is 462 g/mol. The third-order valence-electron chi connectivity index (χ3n) is 6.80. The molecule has 1 unspecified atom stereocenters. The lowest BCUT2D eigenvalue weighted by molar-refractivity contribution is -0.118. The second kappa shape index (κ2) is 8.67. The summed E-state index contributed by atoms with van der Waals surface area (Å²) in [5.41, 5.74) is 5.68. The van der Waals surface area contributed by atoms with Gasteiger partial charge in [-0.15, -0.1) is 0 Å². The zero-order chi connectivity index (χ0) is 23.1. The molecule has 2 aliphatic rings. The van der Waals surface area contributed by atoms with Gasteiger partial charge in [0, 0.05) is 35.1 Å². The van der Waals surface area contributed by atoms with Crippen molar-refractivity contribution in [3.63, 3.8) is 0 Å². The van der Waals surface area contributed by atoms with Crippen LogP contribution < -0.4 is 5.32 Å². The summed E-state index contributed by atoms with van der Waals surface area (Å²) < 4.78 is 1.96. The van der Waals surface area contributed by atoms with Crippen molar-refractivity contribution in [3.8, 4) is 0 Å². The molecule has 2 aliphatic heterocycles. The summed E-state index contributed by atoms with van der Waals surface area (Å²) in [6.07, 6.45) is 1.61. The minimum Gasteiger partial charge on any atom is -0.339 e. The fourth-order valence-corrected chi connectivity index (χ4v) is 5.33. The summed E-state index contributed by atoms with van der Waals surface area (Å²) in [4.78, 5) is 27.8. The number of piperidine rings is 1. The lowest BCUT2D eigenvalue weighted by Gasteiger charge is -2.34. The number of hydrogen-bond acceptors (Lipinski definition) is 3. The summed E-state index contributed by atoms with van der Waals surface area (Å²) in [5, 5.41) is 8.11. The van der Waals surface area contributed by atoms with Crippen LogP contribution in [0.1, 0.15) is 51.6 Å². The van der Waals surface area contributed by atoms with E-state index in [1.807, 2.05) is 65.9 Å². The number of rotatable bonds is 4. The zero-order valence-electron chi connectivity index (χ0n) is 18.8. The SMILES string of the molecule is Cc1cc(C)n(Cc2cccc(C(=O)N3CCC(C4C(=O)Nc5cc(Cl)ccc54)CC3)c2)n1. The van der Waals surface area contributed by atoms with Gasteiger partial charge in [-0.1, -0.05) is 29.8 Å². The molecule has 2 amide bonds. The average molecular weight is 463 g/mol. The molecule has 0 aliphatic carbocycles. The molecule has 0 spiro atoms. The molecule has 170 valence electrons. The Morgan fingerprint density at radius 1 is 1.12 bits per heavy atom. The van der Waals surface area contributed by atoms with Gasteiger partial charge in [0.15, 0.2) is 0 Å². The largest absolute Gasteiger partial charge is 0.339 e. The number of fused-ring (bicyclic) bond motifs is 1. The number of carbonyl (C=O) groups excluding carboxylic acids is 2. The van der Waals surface area contributed by atoms with Crippen molar-refractivity contribution in [1.29, 1.82) is 0 Å². The Balaban J connectivity index is 1.25. The fraction of sp³-hybridized carbons (Fsp3) is 0.346. The highest BCUT2D eigenvalue weighted by molar-refractivity contribution is 6.31. The first-order valence-corrected chi connectivity index (χ1v) is 11.8. The number of hydrogen-bond donors (Lipinski definition) is 1. The van der Waals surface area contributed by atoms with Gasteiger partial charge in [0.1, 0.15) is 0 Å². The summed E-state index contributed by atoms with van der Waals surface area (Å²) in [7, 11) is 0. The van der Waals surface area contributed by atoms with Gasteiger partial charge >= 0.3 is 0 Å². The molecule has 3 aromatic rings. The number of likely N-dealkylation sites (tertiary alicyclic amines) is 1. The standard InChI is InChI=1S/C26H27ClN4O2/c1-16-12-17(2)31(29-16)15-18-4-3-5-20(13-18)26(33)30-10-8-19(9-11-30)24-22-7-6-21(27)14-23(22)28-25(24)32/h3-7,12-14,19,24H,8-11,15H2,1-2H3,(H,28,32). The van der Waals surface area contributed by atoms with Crippen LogP contribution >= 0.6 is 11.6 Å². The van der Waals surface area contributed by atoms with Crippen molar-refractivity contribution in [1.82, 2.24) is 14.7 Å². The van der Waals surface area contributed by atoms with Gasteiger partial charge in [0.25, 0.3) is 5.91 Å². The van der Waals surface area contributed by atoms with Gasteiger partial charge in [-0.05, 0) is 74.1 Å². The molecule has 6 nitrogen and oxygen atoms in total. The summed E-state index contributed by atoms with van der Waals surface area (Å²) in [5.74, 6) is 0.132. The Labute approximate surface area is 198 Å². The lowest BCUT2D eigenvalue weighted by Crippen LogP contribution is -2.40. The van der Waals surface area contributed by atoms with Crippen molar-refractivity contribution in [2.24, 2.45) is 5.92 Å². The van der Waals surface area contributed by atoms with Crippen LogP contribution in [0.2, 0.25) is 5.02 Å². The van der Waals surface area contributed by atoms with Gasteiger partial charge in [0.05, 0.1) is 18.2 Å². The van der Waals surface area contributed by atoms with Gasteiger partial charge in [0.2, 0.25) is 5.91 Å². The molecule has 7 heteroatoms. The van der Waals surface area contributed by atoms with Crippen LogP contribution in [-0.2, 0) is 11.3 Å². The van der Waals surface area contributed by atoms with Crippen LogP contribution in [0.5, 0.6) is 0 Å². The topological polar surface area (TPSA) is 67.2 Å². The molecule has 1 aromatic heterocycles. The van der Waals surface area contributed by atoms with Crippen LogP contribution in [0.25, 0.3) is 0 Å². The smallest absolute Gasteiger partial charge is 0.253 e. The third kappa shape index (κ3) is 4.27. The first kappa shape index (κ1) is 21.7. The van der Waals surface area contributed by atoms with Crippen LogP contribution in [0.4, 0.5) is 5.69 Å². The molecule has 33 heavy (non-hydrogen) atoms. The van der Waals surface area contributed by atoms with Gasteiger partial charge in [-0.25, -0.2) is 0 Å². The van der Waals surface area contributed by atoms with E-state index in [-0.39, 0.29) is 23.7 Å². The Bertz CT molecular complexity index is 1230. The first-order valence-electron chi connectivity index (χ1n) is 11.4. The van der Waals surface area contributed by atoms with Crippen molar-refractivity contribution < 1.29 is 9.59 Å². The maximum Gasteiger partial charge on any atom is 0.253 e. The molecule has 0 saturated carbocycles. The number of nitrogens with one attached hydrogen (secondary N) is 1. The maximum absolute atomic E-state index is 13.2. The molecule has 1 atom stereocenters. The van der Waals surface area contributed by atoms with E-state index in [1.165, 1.54) is 0 Å². The Morgan fingerprint density at radius 3 is 2.64 bits per heavy atom. The van der Waals surface area contributed by atoms with Gasteiger partial charge in [-0.3, -0.25) is 14.3 Å². The van der Waals surface area contributed by atoms with Crippen molar-refractivity contribution in [2.75, 3.05) is 18.4 Å².